The minimum atomic E-state index is -0.160. The maximum Gasteiger partial charge on any atom is 0.318 e. The van der Waals surface area contributed by atoms with Gasteiger partial charge < -0.3 is 19.9 Å². The normalized spacial score (nSPS) is 14.3. The predicted octanol–water partition coefficient (Wildman–Crippen LogP) is 5.20. The topological polar surface area (TPSA) is 74.4 Å². The molecule has 6 heteroatoms. The Hall–Kier alpha value is -3.28. The van der Waals surface area contributed by atoms with Crippen molar-refractivity contribution in [3.63, 3.8) is 0 Å². The Bertz CT molecular complexity index is 1190. The van der Waals surface area contributed by atoms with Crippen molar-refractivity contribution in [2.45, 2.75) is 65.1 Å². The van der Waals surface area contributed by atoms with E-state index in [1.807, 2.05) is 50.2 Å². The lowest BCUT2D eigenvalue weighted by atomic mass is 9.96. The molecule has 1 aliphatic rings. The number of H-pyrrole nitrogens is 1. The summed E-state index contributed by atoms with van der Waals surface area (Å²) in [6.07, 6.45) is 5.51. The number of hydrogen-bond acceptors (Lipinski definition) is 3. The van der Waals surface area contributed by atoms with E-state index in [9.17, 15) is 9.59 Å². The lowest BCUT2D eigenvalue weighted by Gasteiger charge is -2.29. The maximum absolute atomic E-state index is 13.4. The SMILES string of the molecule is COc1ccccc1CN(Cc1cc2c(C)ccc(C)c2[nH]c1=O)C(=O)NC1CCCCC1. The molecule has 6 nitrogen and oxygen atoms in total. The predicted molar refractivity (Wildman–Crippen MR) is 132 cm³/mol. The second-order valence-corrected chi connectivity index (χ2v) is 9.06. The number of benzene rings is 2. The van der Waals surface area contributed by atoms with E-state index < -0.39 is 0 Å². The Balaban J connectivity index is 1.66. The highest BCUT2D eigenvalue weighted by Gasteiger charge is 2.22. The Kier molecular flexibility index (Phi) is 7.02. The number of urea groups is 1. The molecule has 2 N–H and O–H groups in total. The van der Waals surface area contributed by atoms with Gasteiger partial charge in [-0.3, -0.25) is 4.79 Å². The highest BCUT2D eigenvalue weighted by Crippen LogP contribution is 2.23. The molecule has 4 rings (SSSR count). The van der Waals surface area contributed by atoms with E-state index in [2.05, 4.69) is 16.4 Å². The number of nitrogens with zero attached hydrogens (tertiary/aromatic N) is 1. The fourth-order valence-corrected chi connectivity index (χ4v) is 4.69. The van der Waals surface area contributed by atoms with Gasteiger partial charge >= 0.3 is 6.03 Å². The first-order valence-corrected chi connectivity index (χ1v) is 11.8. The smallest absolute Gasteiger partial charge is 0.318 e. The number of rotatable bonds is 6. The molecular weight excluding hydrogens is 414 g/mol. The Morgan fingerprint density at radius 2 is 1.73 bits per heavy atom. The number of hydrogen-bond donors (Lipinski definition) is 2. The molecule has 0 bridgehead atoms. The van der Waals surface area contributed by atoms with Crippen LogP contribution in [0, 0.1) is 13.8 Å². The number of para-hydroxylation sites is 1. The molecule has 1 fully saturated rings. The number of nitrogens with one attached hydrogen (secondary N) is 2. The number of pyridine rings is 1. The van der Waals surface area contributed by atoms with E-state index in [4.69, 9.17) is 4.74 Å². The van der Waals surface area contributed by atoms with E-state index in [-0.39, 0.29) is 24.2 Å². The zero-order valence-electron chi connectivity index (χ0n) is 19.7. The number of carbonyl (C=O) groups excluding carboxylic acids is 1. The summed E-state index contributed by atoms with van der Waals surface area (Å²) in [5, 5.41) is 4.22. The molecule has 0 aliphatic heterocycles. The first-order chi connectivity index (χ1) is 16.0. The first kappa shape index (κ1) is 22.9. The van der Waals surface area contributed by atoms with Gasteiger partial charge in [0.2, 0.25) is 0 Å². The molecular formula is C27H33N3O3. The zero-order chi connectivity index (χ0) is 23.4. The molecule has 1 saturated carbocycles. The summed E-state index contributed by atoms with van der Waals surface area (Å²) in [5.74, 6) is 0.729. The number of aryl methyl sites for hydroxylation is 2. The zero-order valence-corrected chi connectivity index (χ0v) is 19.7. The number of aromatic nitrogens is 1. The van der Waals surface area contributed by atoms with Crippen molar-refractivity contribution < 1.29 is 9.53 Å². The molecule has 0 spiro atoms. The molecule has 1 aliphatic carbocycles. The second-order valence-electron chi connectivity index (χ2n) is 9.06. The highest BCUT2D eigenvalue weighted by atomic mass is 16.5. The molecule has 3 aromatic rings. The van der Waals surface area contributed by atoms with Crippen LogP contribution in [0.25, 0.3) is 10.9 Å². The van der Waals surface area contributed by atoms with Crippen LogP contribution in [0.4, 0.5) is 4.79 Å². The molecule has 0 saturated heterocycles. The van der Waals surface area contributed by atoms with Crippen LogP contribution in [0.2, 0.25) is 0 Å². The van der Waals surface area contributed by atoms with E-state index >= 15 is 0 Å². The van der Waals surface area contributed by atoms with E-state index in [0.29, 0.717) is 12.1 Å². The van der Waals surface area contributed by atoms with Crippen LogP contribution in [-0.4, -0.2) is 29.1 Å². The molecule has 0 atom stereocenters. The summed E-state index contributed by atoms with van der Waals surface area (Å²) >= 11 is 0. The first-order valence-electron chi connectivity index (χ1n) is 11.8. The molecule has 174 valence electrons. The van der Waals surface area contributed by atoms with E-state index in [1.54, 1.807) is 12.0 Å². The molecule has 33 heavy (non-hydrogen) atoms. The molecule has 0 radical (unpaired) electrons. The highest BCUT2D eigenvalue weighted by molar-refractivity contribution is 5.85. The lowest BCUT2D eigenvalue weighted by molar-refractivity contribution is 0.183. The van der Waals surface area contributed by atoms with Crippen LogP contribution in [0.15, 0.2) is 47.3 Å². The summed E-state index contributed by atoms with van der Waals surface area (Å²) in [7, 11) is 1.63. The third-order valence-electron chi connectivity index (χ3n) is 6.66. The van der Waals surface area contributed by atoms with Crippen molar-refractivity contribution in [3.8, 4) is 5.75 Å². The Morgan fingerprint density at radius 3 is 2.48 bits per heavy atom. The van der Waals surface area contributed by atoms with Crippen LogP contribution in [-0.2, 0) is 13.1 Å². The number of methoxy groups -OCH3 is 1. The monoisotopic (exact) mass is 447 g/mol. The third kappa shape index (κ3) is 5.21. The average molecular weight is 448 g/mol. The number of ether oxygens (including phenoxy) is 1. The summed E-state index contributed by atoms with van der Waals surface area (Å²) in [4.78, 5) is 31.1. The van der Waals surface area contributed by atoms with Crippen LogP contribution in [0.3, 0.4) is 0 Å². The van der Waals surface area contributed by atoms with Gasteiger partial charge in [-0.2, -0.15) is 0 Å². The Morgan fingerprint density at radius 1 is 1.03 bits per heavy atom. The van der Waals surface area contributed by atoms with Crippen LogP contribution < -0.4 is 15.6 Å². The van der Waals surface area contributed by atoms with Gasteiger partial charge in [0, 0.05) is 22.6 Å². The minimum absolute atomic E-state index is 0.145. The molecule has 2 aromatic carbocycles. The maximum atomic E-state index is 13.4. The number of fused-ring (bicyclic) bond motifs is 1. The summed E-state index contributed by atoms with van der Waals surface area (Å²) in [6, 6.07) is 13.7. The van der Waals surface area contributed by atoms with E-state index in [0.717, 1.165) is 59.0 Å². The second kappa shape index (κ2) is 10.1. The van der Waals surface area contributed by atoms with Gasteiger partial charge in [-0.1, -0.05) is 49.6 Å². The van der Waals surface area contributed by atoms with Crippen LogP contribution >= 0.6 is 0 Å². The van der Waals surface area contributed by atoms with Gasteiger partial charge in [0.15, 0.2) is 0 Å². The van der Waals surface area contributed by atoms with Crippen LogP contribution in [0.1, 0.15) is 54.4 Å². The average Bonchev–Trinajstić information content (AvgIpc) is 2.83. The number of aromatic amines is 1. The fraction of sp³-hybridized carbons (Fsp3) is 0.407. The van der Waals surface area contributed by atoms with Crippen molar-refractivity contribution >= 4 is 16.9 Å². The van der Waals surface area contributed by atoms with Gasteiger partial charge in [-0.25, -0.2) is 4.79 Å². The fourth-order valence-electron chi connectivity index (χ4n) is 4.69. The molecule has 1 aromatic heterocycles. The Labute approximate surface area is 195 Å². The van der Waals surface area contributed by atoms with Crippen molar-refractivity contribution in [3.05, 3.63) is 75.1 Å². The molecule has 1 heterocycles. The summed E-state index contributed by atoms with van der Waals surface area (Å²) < 4.78 is 5.51. The molecule has 2 amide bonds. The minimum Gasteiger partial charge on any atom is -0.496 e. The largest absolute Gasteiger partial charge is 0.496 e. The van der Waals surface area contributed by atoms with Gasteiger partial charge in [0.25, 0.3) is 5.56 Å². The van der Waals surface area contributed by atoms with Crippen molar-refractivity contribution in [1.82, 2.24) is 15.2 Å². The third-order valence-corrected chi connectivity index (χ3v) is 6.66. The van der Waals surface area contributed by atoms with Crippen molar-refractivity contribution in [1.29, 1.82) is 0 Å². The summed E-state index contributed by atoms with van der Waals surface area (Å²) in [5.41, 5.74) is 4.29. The lowest BCUT2D eigenvalue weighted by Crippen LogP contribution is -2.45. The standard InChI is InChI=1S/C27H33N3O3/c1-18-13-14-19(2)25-23(18)15-21(26(31)29-25)17-30(16-20-9-7-8-12-24(20)33-3)27(32)28-22-10-5-4-6-11-22/h7-9,12-15,22H,4-6,10-11,16-17H2,1-3H3,(H,28,32)(H,29,31). The van der Waals surface area contributed by atoms with Crippen molar-refractivity contribution in [2.75, 3.05) is 7.11 Å². The van der Waals surface area contributed by atoms with Gasteiger partial charge in [0.05, 0.1) is 25.7 Å². The molecule has 0 unspecified atom stereocenters. The van der Waals surface area contributed by atoms with Gasteiger partial charge in [0.1, 0.15) is 5.75 Å². The van der Waals surface area contributed by atoms with Gasteiger partial charge in [-0.15, -0.1) is 0 Å². The quantitative estimate of drug-likeness (QED) is 0.546. The number of amides is 2. The number of carbonyl (C=O) groups is 1. The van der Waals surface area contributed by atoms with Crippen LogP contribution in [0.5, 0.6) is 5.75 Å². The summed E-state index contributed by atoms with van der Waals surface area (Å²) in [6.45, 7) is 4.59. The van der Waals surface area contributed by atoms with Gasteiger partial charge in [-0.05, 0) is 49.9 Å². The van der Waals surface area contributed by atoms with E-state index in [1.165, 1.54) is 6.42 Å². The van der Waals surface area contributed by atoms with Crippen molar-refractivity contribution in [2.24, 2.45) is 0 Å².